The molecule has 0 saturated carbocycles. The smallest absolute Gasteiger partial charge is 0.184 e. The van der Waals surface area contributed by atoms with Crippen molar-refractivity contribution in [2.45, 2.75) is 65.0 Å². The van der Waals surface area contributed by atoms with Gasteiger partial charge in [-0.2, -0.15) is 0 Å². The first-order chi connectivity index (χ1) is 37.5. The Bertz CT molecular complexity index is 3090. The van der Waals surface area contributed by atoms with Gasteiger partial charge in [0, 0.05) is 54.8 Å². The number of hydrogen-bond donors (Lipinski definition) is 0. The Labute approximate surface area is 455 Å². The van der Waals surface area contributed by atoms with Gasteiger partial charge in [-0.15, -0.1) is 22.7 Å². The van der Waals surface area contributed by atoms with E-state index in [0.29, 0.717) is 39.6 Å². The fourth-order valence-corrected chi connectivity index (χ4v) is 12.1. The second-order valence-corrected chi connectivity index (χ2v) is 21.5. The topological polar surface area (TPSA) is 61.9 Å². The number of benzene rings is 7. The highest BCUT2D eigenvalue weighted by molar-refractivity contribution is 7.20. The van der Waals surface area contributed by atoms with Crippen LogP contribution in [0.3, 0.4) is 0 Å². The first kappa shape index (κ1) is 51.1. The number of aryl methyl sites for hydroxylation is 4. The van der Waals surface area contributed by atoms with Crippen molar-refractivity contribution in [3.63, 3.8) is 0 Å². The lowest BCUT2D eigenvalue weighted by molar-refractivity contribution is -0.0443. The third kappa shape index (κ3) is 12.5. The zero-order valence-electron chi connectivity index (χ0n) is 43.3. The van der Waals surface area contributed by atoms with Crippen molar-refractivity contribution in [3.8, 4) is 32.4 Å². The predicted molar refractivity (Wildman–Crippen MR) is 311 cm³/mol. The summed E-state index contributed by atoms with van der Waals surface area (Å²) < 4.78 is 37.3. The Kier molecular flexibility index (Phi) is 16.7. The van der Waals surface area contributed by atoms with E-state index in [1.807, 2.05) is 0 Å². The fraction of sp³-hybridized carbons (Fsp3) is 0.242. The van der Waals surface area contributed by atoms with Gasteiger partial charge in [-0.1, -0.05) is 109 Å². The number of unbranched alkanes of at least 4 members (excludes halogenated alkanes) is 2. The lowest BCUT2D eigenvalue weighted by Crippen LogP contribution is -2.08. The molecule has 76 heavy (non-hydrogen) atoms. The van der Waals surface area contributed by atoms with Gasteiger partial charge in [0.15, 0.2) is 12.6 Å². The van der Waals surface area contributed by atoms with Crippen LogP contribution in [0.15, 0.2) is 194 Å². The molecule has 4 heterocycles. The highest BCUT2D eigenvalue weighted by atomic mass is 32.1. The molecule has 2 aliphatic heterocycles. The lowest BCUT2D eigenvalue weighted by Gasteiger charge is -2.24. The molecule has 0 amide bonds. The van der Waals surface area contributed by atoms with Crippen molar-refractivity contribution >= 4 is 55.4 Å². The molecule has 8 nitrogen and oxygen atoms in total. The number of rotatable bonds is 22. The molecule has 7 aromatic carbocycles. The molecule has 0 spiro atoms. The van der Waals surface area contributed by atoms with Crippen molar-refractivity contribution in [1.29, 1.82) is 0 Å². The van der Waals surface area contributed by atoms with Gasteiger partial charge in [-0.05, 0) is 160 Å². The molecule has 2 fully saturated rings. The van der Waals surface area contributed by atoms with Crippen molar-refractivity contribution in [2.75, 3.05) is 49.4 Å². The van der Waals surface area contributed by atoms with Gasteiger partial charge in [0.25, 0.3) is 0 Å². The number of thiophene rings is 2. The molecule has 0 N–H and O–H groups in total. The standard InChI is InChI=1S/C66H64N2O6S2/c1-47-17-13-29-55(41-47)67(53-25-5-3-6-26-53)63-33-31-61(75-63)57-45-60(70-36-12-10-20-50-22-16-24-52(44-50)66-73-39-40-74-66)58(46-59(57)69-35-11-9-19-49-21-15-23-51(43-49)65-71-37-38-72-65)62-32-34-64(76-62)68(54-27-7-4-8-28-54)56-30-14-18-48(2)42-56/h3-8,13-18,21-34,41-46,65-66H,9-12,19-20,35-40H2,1-2H3. The van der Waals surface area contributed by atoms with Crippen LogP contribution in [0.5, 0.6) is 11.5 Å². The quantitative estimate of drug-likeness (QED) is 0.0622. The second kappa shape index (κ2) is 24.8. The third-order valence-corrected chi connectivity index (χ3v) is 15.9. The minimum Gasteiger partial charge on any atom is -0.493 e. The molecule has 2 aliphatic rings. The van der Waals surface area contributed by atoms with E-state index in [1.165, 1.54) is 22.3 Å². The summed E-state index contributed by atoms with van der Waals surface area (Å²) in [5.41, 5.74) is 13.5. The number of hydrogen-bond acceptors (Lipinski definition) is 10. The zero-order valence-corrected chi connectivity index (χ0v) is 44.9. The summed E-state index contributed by atoms with van der Waals surface area (Å²) in [6.07, 6.45) is 5.01. The molecule has 0 radical (unpaired) electrons. The van der Waals surface area contributed by atoms with Crippen molar-refractivity contribution < 1.29 is 28.4 Å². The van der Waals surface area contributed by atoms with E-state index in [4.69, 9.17) is 28.4 Å². The summed E-state index contributed by atoms with van der Waals surface area (Å²) in [5, 5.41) is 2.21. The summed E-state index contributed by atoms with van der Waals surface area (Å²) in [5.74, 6) is 1.66. The van der Waals surface area contributed by atoms with Gasteiger partial charge in [-0.25, -0.2) is 0 Å². The Morgan fingerprint density at radius 2 is 0.816 bits per heavy atom. The fourth-order valence-electron chi connectivity index (χ4n) is 9.98. The van der Waals surface area contributed by atoms with E-state index in [-0.39, 0.29) is 12.6 Å². The van der Waals surface area contributed by atoms with Crippen LogP contribution in [0.1, 0.15) is 71.6 Å². The number of para-hydroxylation sites is 2. The van der Waals surface area contributed by atoms with Gasteiger partial charge < -0.3 is 38.2 Å². The summed E-state index contributed by atoms with van der Waals surface area (Å²) in [7, 11) is 0. The molecule has 11 rings (SSSR count). The van der Waals surface area contributed by atoms with Crippen molar-refractivity contribution in [3.05, 3.63) is 228 Å². The highest BCUT2D eigenvalue weighted by Gasteiger charge is 2.24. The van der Waals surface area contributed by atoms with Gasteiger partial charge in [0.05, 0.1) is 39.6 Å². The number of nitrogens with zero attached hydrogens (tertiary/aromatic N) is 2. The molecule has 386 valence electrons. The molecular weight excluding hydrogens is 981 g/mol. The Balaban J connectivity index is 0.934. The SMILES string of the molecule is Cc1cccc(N(c2ccccc2)c2ccc(-c3cc(OCCCCc4cccc(C5OCCO5)c4)c(-c4ccc(N(c5ccccc5)c5cccc(C)c5)s4)cc3OCCCCc3cccc(C4OCCO4)c3)s2)c1. The maximum Gasteiger partial charge on any atom is 0.184 e. The van der Waals surface area contributed by atoms with Crippen LogP contribution >= 0.6 is 22.7 Å². The Hall–Kier alpha value is -7.02. The van der Waals surface area contributed by atoms with Crippen LogP contribution in [-0.2, 0) is 31.8 Å². The monoisotopic (exact) mass is 1040 g/mol. The van der Waals surface area contributed by atoms with Crippen LogP contribution in [0, 0.1) is 13.8 Å². The summed E-state index contributed by atoms with van der Waals surface area (Å²) >= 11 is 3.52. The maximum absolute atomic E-state index is 7.02. The Morgan fingerprint density at radius 3 is 1.24 bits per heavy atom. The largest absolute Gasteiger partial charge is 0.493 e. The molecule has 0 bridgehead atoms. The van der Waals surface area contributed by atoms with Gasteiger partial charge in [0.1, 0.15) is 21.5 Å². The van der Waals surface area contributed by atoms with E-state index < -0.39 is 0 Å². The lowest BCUT2D eigenvalue weighted by atomic mass is 10.0. The van der Waals surface area contributed by atoms with Crippen LogP contribution in [-0.4, -0.2) is 39.6 Å². The van der Waals surface area contributed by atoms with E-state index >= 15 is 0 Å². The van der Waals surface area contributed by atoms with Gasteiger partial charge >= 0.3 is 0 Å². The summed E-state index contributed by atoms with van der Waals surface area (Å²) in [6, 6.07) is 69.3. The first-order valence-electron chi connectivity index (χ1n) is 26.6. The van der Waals surface area contributed by atoms with Gasteiger partial charge in [-0.3, -0.25) is 0 Å². The van der Waals surface area contributed by atoms with Crippen LogP contribution in [0.2, 0.25) is 0 Å². The van der Waals surface area contributed by atoms with Crippen LogP contribution in [0.4, 0.5) is 32.8 Å². The average molecular weight is 1050 g/mol. The molecule has 2 aromatic heterocycles. The third-order valence-electron chi connectivity index (χ3n) is 13.7. The molecule has 0 atom stereocenters. The first-order valence-corrected chi connectivity index (χ1v) is 28.2. The van der Waals surface area contributed by atoms with Gasteiger partial charge in [0.2, 0.25) is 0 Å². The minimum atomic E-state index is -0.281. The van der Waals surface area contributed by atoms with E-state index in [1.54, 1.807) is 22.7 Å². The van der Waals surface area contributed by atoms with Crippen molar-refractivity contribution in [1.82, 2.24) is 0 Å². The second-order valence-electron chi connectivity index (χ2n) is 19.4. The minimum absolute atomic E-state index is 0.281. The van der Waals surface area contributed by atoms with Crippen molar-refractivity contribution in [2.24, 2.45) is 0 Å². The number of ether oxygens (including phenoxy) is 6. The summed E-state index contributed by atoms with van der Waals surface area (Å²) in [4.78, 5) is 6.88. The molecule has 0 unspecified atom stereocenters. The maximum atomic E-state index is 7.02. The molecule has 10 heteroatoms. The summed E-state index contributed by atoms with van der Waals surface area (Å²) in [6.45, 7) is 7.93. The van der Waals surface area contributed by atoms with E-state index in [0.717, 1.165) is 115 Å². The van der Waals surface area contributed by atoms with E-state index in [9.17, 15) is 0 Å². The van der Waals surface area contributed by atoms with Crippen LogP contribution < -0.4 is 19.3 Å². The molecular formula is C66H64N2O6S2. The van der Waals surface area contributed by atoms with E-state index in [2.05, 4.69) is 218 Å². The highest BCUT2D eigenvalue weighted by Crippen LogP contribution is 2.50. The molecule has 9 aromatic rings. The van der Waals surface area contributed by atoms with Crippen LogP contribution in [0.25, 0.3) is 20.9 Å². The zero-order chi connectivity index (χ0) is 51.5. The average Bonchev–Trinajstić information content (AvgIpc) is 4.33. The predicted octanol–water partition coefficient (Wildman–Crippen LogP) is 17.6. The normalized spacial score (nSPS) is 13.8. The number of anilines is 6. The Morgan fingerprint density at radius 1 is 0.408 bits per heavy atom. The molecule has 0 aliphatic carbocycles. The molecule has 2 saturated heterocycles.